The Bertz CT molecular complexity index is 945. The van der Waals surface area contributed by atoms with Gasteiger partial charge in [0.15, 0.2) is 0 Å². The van der Waals surface area contributed by atoms with Crippen LogP contribution in [-0.4, -0.2) is 38.4 Å². The summed E-state index contributed by atoms with van der Waals surface area (Å²) in [5.41, 5.74) is 2.12. The third kappa shape index (κ3) is 3.39. The Morgan fingerprint density at radius 1 is 1.15 bits per heavy atom. The Hall–Kier alpha value is -3.29. The lowest BCUT2D eigenvalue weighted by molar-refractivity contribution is 0.388. The summed E-state index contributed by atoms with van der Waals surface area (Å²) in [5.74, 6) is -0.0153. The molecule has 0 saturated heterocycles. The number of anilines is 1. The van der Waals surface area contributed by atoms with E-state index in [-0.39, 0.29) is 11.6 Å². The Balaban J connectivity index is 1.62. The molecule has 0 bridgehead atoms. The van der Waals surface area contributed by atoms with Crippen molar-refractivity contribution in [3.05, 3.63) is 42.5 Å². The van der Waals surface area contributed by atoms with Gasteiger partial charge in [-0.3, -0.25) is 0 Å². The number of methoxy groups -OCH3 is 1. The first-order valence-electron chi connectivity index (χ1n) is 8.14. The van der Waals surface area contributed by atoms with E-state index in [4.69, 9.17) is 4.74 Å². The zero-order valence-corrected chi connectivity index (χ0v) is 14.0. The number of hydrogen-bond acceptors (Lipinski definition) is 7. The van der Waals surface area contributed by atoms with Crippen molar-refractivity contribution < 1.29 is 14.2 Å². The number of halogens is 1. The molecule has 0 radical (unpaired) electrons. The average molecular weight is 353 g/mol. The van der Waals surface area contributed by atoms with E-state index in [0.29, 0.717) is 34.4 Å². The zero-order chi connectivity index (χ0) is 18.1. The van der Waals surface area contributed by atoms with Gasteiger partial charge < -0.3 is 15.2 Å². The number of phenolic OH excluding ortho intramolecular Hbond substituents is 1. The predicted octanol–water partition coefficient (Wildman–Crippen LogP) is 3.03. The van der Waals surface area contributed by atoms with Crippen molar-refractivity contribution in [2.75, 3.05) is 12.4 Å². The van der Waals surface area contributed by atoms with Crippen molar-refractivity contribution in [1.29, 1.82) is 0 Å². The highest BCUT2D eigenvalue weighted by atomic mass is 19.1. The van der Waals surface area contributed by atoms with Crippen LogP contribution in [0.2, 0.25) is 0 Å². The second kappa shape index (κ2) is 6.55. The van der Waals surface area contributed by atoms with Crippen molar-refractivity contribution in [2.45, 2.75) is 18.9 Å². The summed E-state index contributed by atoms with van der Waals surface area (Å²) in [5, 5.41) is 21.7. The molecular weight excluding hydrogens is 337 g/mol. The van der Waals surface area contributed by atoms with Gasteiger partial charge in [0, 0.05) is 23.7 Å². The molecule has 26 heavy (non-hydrogen) atoms. The summed E-state index contributed by atoms with van der Waals surface area (Å²) in [6, 6.07) is 8.28. The minimum Gasteiger partial charge on any atom is -0.507 e. The minimum absolute atomic E-state index is 0.00214. The number of aromatic nitrogens is 4. The summed E-state index contributed by atoms with van der Waals surface area (Å²) in [6.07, 6.45) is 3.79. The van der Waals surface area contributed by atoms with Crippen molar-refractivity contribution in [2.24, 2.45) is 0 Å². The maximum atomic E-state index is 13.6. The molecule has 1 aliphatic carbocycles. The highest BCUT2D eigenvalue weighted by Gasteiger charge is 2.22. The second-order valence-corrected chi connectivity index (χ2v) is 6.04. The molecule has 2 N–H and O–H groups in total. The van der Waals surface area contributed by atoms with Gasteiger partial charge >= 0.3 is 0 Å². The average Bonchev–Trinajstić information content (AvgIpc) is 3.46. The van der Waals surface area contributed by atoms with Gasteiger partial charge in [-0.25, -0.2) is 4.98 Å². The molecule has 7 nitrogen and oxygen atoms in total. The quantitative estimate of drug-likeness (QED) is 0.681. The first-order chi connectivity index (χ1) is 12.6. The third-order valence-corrected chi connectivity index (χ3v) is 4.06. The van der Waals surface area contributed by atoms with E-state index in [9.17, 15) is 9.50 Å². The molecule has 1 saturated carbocycles. The van der Waals surface area contributed by atoms with Crippen LogP contribution in [0, 0.1) is 5.95 Å². The molecule has 0 spiro atoms. The molecule has 4 rings (SSSR count). The summed E-state index contributed by atoms with van der Waals surface area (Å²) in [6.45, 7) is 0. The summed E-state index contributed by atoms with van der Waals surface area (Å²) < 4.78 is 18.6. The molecule has 0 atom stereocenters. The van der Waals surface area contributed by atoms with Crippen LogP contribution in [-0.2, 0) is 0 Å². The van der Waals surface area contributed by atoms with Crippen LogP contribution in [0.3, 0.4) is 0 Å². The SMILES string of the molecule is COc1cc(-c2ccc(-c3cnc(NC4CC4)nn3)c(O)c2)cc(F)n1. The van der Waals surface area contributed by atoms with Crippen LogP contribution in [0.1, 0.15) is 12.8 Å². The van der Waals surface area contributed by atoms with E-state index in [1.807, 2.05) is 0 Å². The number of nitrogens with zero attached hydrogens (tertiary/aromatic N) is 4. The van der Waals surface area contributed by atoms with Gasteiger partial charge in [-0.15, -0.1) is 10.2 Å². The van der Waals surface area contributed by atoms with Crippen LogP contribution in [0.15, 0.2) is 36.5 Å². The second-order valence-electron chi connectivity index (χ2n) is 6.04. The van der Waals surface area contributed by atoms with Gasteiger partial charge in [0.25, 0.3) is 0 Å². The Labute approximate surface area is 148 Å². The third-order valence-electron chi connectivity index (χ3n) is 4.06. The Morgan fingerprint density at radius 3 is 2.65 bits per heavy atom. The van der Waals surface area contributed by atoms with E-state index >= 15 is 0 Å². The largest absolute Gasteiger partial charge is 0.507 e. The zero-order valence-electron chi connectivity index (χ0n) is 14.0. The van der Waals surface area contributed by atoms with Gasteiger partial charge in [0.2, 0.25) is 17.8 Å². The number of rotatable bonds is 5. The molecule has 1 aliphatic rings. The van der Waals surface area contributed by atoms with Crippen LogP contribution in [0.5, 0.6) is 11.6 Å². The fourth-order valence-corrected chi connectivity index (χ4v) is 2.55. The van der Waals surface area contributed by atoms with Crippen molar-refractivity contribution >= 4 is 5.95 Å². The van der Waals surface area contributed by atoms with Gasteiger partial charge in [-0.05, 0) is 36.1 Å². The van der Waals surface area contributed by atoms with Crippen LogP contribution in [0.25, 0.3) is 22.4 Å². The number of pyridine rings is 1. The number of phenols is 1. The maximum absolute atomic E-state index is 13.6. The van der Waals surface area contributed by atoms with Crippen LogP contribution < -0.4 is 10.1 Å². The molecule has 0 aliphatic heterocycles. The first kappa shape index (κ1) is 16.2. The van der Waals surface area contributed by atoms with E-state index in [2.05, 4.69) is 25.5 Å². The maximum Gasteiger partial charge on any atom is 0.242 e. The monoisotopic (exact) mass is 353 g/mol. The van der Waals surface area contributed by atoms with E-state index < -0.39 is 5.95 Å². The molecular formula is C18H16FN5O2. The molecule has 132 valence electrons. The fraction of sp³-hybridized carbons (Fsp3) is 0.222. The number of ether oxygens (including phenoxy) is 1. The number of hydrogen-bond donors (Lipinski definition) is 2. The van der Waals surface area contributed by atoms with Crippen molar-refractivity contribution in [3.8, 4) is 34.0 Å². The highest BCUT2D eigenvalue weighted by molar-refractivity contribution is 5.74. The molecule has 2 aromatic heterocycles. The van der Waals surface area contributed by atoms with Gasteiger partial charge in [0.1, 0.15) is 11.4 Å². The first-order valence-corrected chi connectivity index (χ1v) is 8.14. The molecule has 0 unspecified atom stereocenters. The van der Waals surface area contributed by atoms with Crippen molar-refractivity contribution in [3.63, 3.8) is 0 Å². The van der Waals surface area contributed by atoms with E-state index in [1.165, 1.54) is 19.2 Å². The molecule has 8 heteroatoms. The van der Waals surface area contributed by atoms with E-state index in [0.717, 1.165) is 12.8 Å². The van der Waals surface area contributed by atoms with Gasteiger partial charge in [-0.2, -0.15) is 9.37 Å². The van der Waals surface area contributed by atoms with Gasteiger partial charge in [0.05, 0.1) is 13.3 Å². The fourth-order valence-electron chi connectivity index (χ4n) is 2.55. The number of benzene rings is 1. The Kier molecular flexibility index (Phi) is 4.08. The van der Waals surface area contributed by atoms with Gasteiger partial charge in [-0.1, -0.05) is 6.07 Å². The molecule has 3 aromatic rings. The predicted molar refractivity (Wildman–Crippen MR) is 93.3 cm³/mol. The lowest BCUT2D eigenvalue weighted by atomic mass is 10.0. The highest BCUT2D eigenvalue weighted by Crippen LogP contribution is 2.33. The van der Waals surface area contributed by atoms with Crippen LogP contribution >= 0.6 is 0 Å². The normalized spacial score (nSPS) is 13.5. The van der Waals surface area contributed by atoms with Crippen molar-refractivity contribution in [1.82, 2.24) is 20.2 Å². The molecule has 0 amide bonds. The lowest BCUT2D eigenvalue weighted by Gasteiger charge is -2.08. The lowest BCUT2D eigenvalue weighted by Crippen LogP contribution is -2.06. The Morgan fingerprint density at radius 2 is 2.00 bits per heavy atom. The topological polar surface area (TPSA) is 93.0 Å². The number of aromatic hydroxyl groups is 1. The standard InChI is InChI=1S/C18H16FN5O2/c1-26-17-8-11(7-16(19)22-17)10-2-5-13(15(25)6-10)14-9-20-18(24-23-14)21-12-3-4-12/h2,5-9,12,25H,3-4H2,1H3,(H,20,21,24). The summed E-state index contributed by atoms with van der Waals surface area (Å²) >= 11 is 0. The summed E-state index contributed by atoms with van der Waals surface area (Å²) in [7, 11) is 1.42. The van der Waals surface area contributed by atoms with Crippen LogP contribution in [0.4, 0.5) is 10.3 Å². The molecule has 2 heterocycles. The number of nitrogens with one attached hydrogen (secondary N) is 1. The summed E-state index contributed by atoms with van der Waals surface area (Å²) in [4.78, 5) is 7.84. The molecule has 1 aromatic carbocycles. The molecule has 1 fully saturated rings. The minimum atomic E-state index is -0.656. The smallest absolute Gasteiger partial charge is 0.242 e. The van der Waals surface area contributed by atoms with E-state index in [1.54, 1.807) is 24.4 Å².